The van der Waals surface area contributed by atoms with Gasteiger partial charge in [-0.05, 0) is 25.4 Å². The van der Waals surface area contributed by atoms with Gasteiger partial charge in [0.1, 0.15) is 0 Å². The fourth-order valence-electron chi connectivity index (χ4n) is 1.44. The van der Waals surface area contributed by atoms with E-state index < -0.39 is 0 Å². The molecule has 1 saturated heterocycles. The molecule has 1 aliphatic rings. The molecule has 1 heterocycles. The summed E-state index contributed by atoms with van der Waals surface area (Å²) < 4.78 is 0. The minimum atomic E-state index is 0.0926. The first-order valence-corrected chi connectivity index (χ1v) is 3.81. The van der Waals surface area contributed by atoms with Crippen LogP contribution in [0.15, 0.2) is 0 Å². The highest BCUT2D eigenvalue weighted by molar-refractivity contribution is 4.77. The predicted octanol–water partition coefficient (Wildman–Crippen LogP) is -0.803. The molecule has 0 amide bonds. The second kappa shape index (κ2) is 3.91. The highest BCUT2D eigenvalue weighted by Gasteiger charge is 2.22. The van der Waals surface area contributed by atoms with Crippen LogP contribution in [-0.2, 0) is 0 Å². The largest absolute Gasteiger partial charge is 0.396 e. The van der Waals surface area contributed by atoms with Crippen LogP contribution in [0.1, 0.15) is 6.42 Å². The standard InChI is InChI=1S/C7H15NO2/c9-4-7(5-10)6-1-2-8-3-6/h6-10H,1-5H2/t6-/m1/s1. The van der Waals surface area contributed by atoms with Crippen LogP contribution in [0.3, 0.4) is 0 Å². The van der Waals surface area contributed by atoms with Crippen LogP contribution in [0.4, 0.5) is 0 Å². The van der Waals surface area contributed by atoms with E-state index in [1.807, 2.05) is 0 Å². The number of rotatable bonds is 3. The van der Waals surface area contributed by atoms with Crippen LogP contribution < -0.4 is 5.32 Å². The van der Waals surface area contributed by atoms with E-state index >= 15 is 0 Å². The fraction of sp³-hybridized carbons (Fsp3) is 1.00. The Balaban J connectivity index is 2.29. The van der Waals surface area contributed by atoms with Gasteiger partial charge >= 0.3 is 0 Å². The van der Waals surface area contributed by atoms with Crippen LogP contribution in [-0.4, -0.2) is 36.5 Å². The molecule has 1 fully saturated rings. The van der Waals surface area contributed by atoms with Gasteiger partial charge in [0.25, 0.3) is 0 Å². The van der Waals surface area contributed by atoms with Gasteiger partial charge in [-0.3, -0.25) is 0 Å². The van der Waals surface area contributed by atoms with Crippen molar-refractivity contribution >= 4 is 0 Å². The molecule has 60 valence electrons. The van der Waals surface area contributed by atoms with Crippen LogP contribution in [0.25, 0.3) is 0 Å². The predicted molar refractivity (Wildman–Crippen MR) is 38.6 cm³/mol. The maximum absolute atomic E-state index is 8.80. The van der Waals surface area contributed by atoms with E-state index in [0.717, 1.165) is 19.5 Å². The third kappa shape index (κ3) is 1.68. The van der Waals surface area contributed by atoms with E-state index in [0.29, 0.717) is 5.92 Å². The highest BCUT2D eigenvalue weighted by Crippen LogP contribution is 2.17. The van der Waals surface area contributed by atoms with Crippen molar-refractivity contribution in [2.75, 3.05) is 26.3 Å². The first-order valence-electron chi connectivity index (χ1n) is 3.81. The zero-order valence-corrected chi connectivity index (χ0v) is 6.08. The molecule has 0 aromatic heterocycles. The topological polar surface area (TPSA) is 52.5 Å². The molecule has 1 rings (SSSR count). The molecule has 0 radical (unpaired) electrons. The van der Waals surface area contributed by atoms with E-state index in [-0.39, 0.29) is 19.1 Å². The summed E-state index contributed by atoms with van der Waals surface area (Å²) >= 11 is 0. The lowest BCUT2D eigenvalue weighted by atomic mass is 9.93. The summed E-state index contributed by atoms with van der Waals surface area (Å²) in [4.78, 5) is 0. The molecule has 0 spiro atoms. The summed E-state index contributed by atoms with van der Waals surface area (Å²) in [5.41, 5.74) is 0. The Morgan fingerprint density at radius 2 is 2.10 bits per heavy atom. The number of aliphatic hydroxyl groups is 2. The minimum absolute atomic E-state index is 0.0926. The zero-order valence-electron chi connectivity index (χ0n) is 6.08. The summed E-state index contributed by atoms with van der Waals surface area (Å²) in [6.45, 7) is 2.21. The molecule has 0 aromatic carbocycles. The molecule has 3 N–H and O–H groups in total. The lowest BCUT2D eigenvalue weighted by molar-refractivity contribution is 0.112. The molecule has 0 aliphatic carbocycles. The summed E-state index contributed by atoms with van der Waals surface area (Å²) in [6, 6.07) is 0. The minimum Gasteiger partial charge on any atom is -0.396 e. The second-order valence-corrected chi connectivity index (χ2v) is 2.88. The van der Waals surface area contributed by atoms with Crippen molar-refractivity contribution in [2.24, 2.45) is 11.8 Å². The number of aliphatic hydroxyl groups excluding tert-OH is 2. The van der Waals surface area contributed by atoms with Crippen molar-refractivity contribution in [1.82, 2.24) is 5.32 Å². The maximum Gasteiger partial charge on any atom is 0.0484 e. The SMILES string of the molecule is OCC(CO)[C@@H]1CCNC1. The molecule has 0 aromatic rings. The molecule has 10 heavy (non-hydrogen) atoms. The summed E-state index contributed by atoms with van der Waals surface area (Å²) in [5.74, 6) is 0.574. The highest BCUT2D eigenvalue weighted by atomic mass is 16.3. The van der Waals surface area contributed by atoms with Gasteiger partial charge in [0.15, 0.2) is 0 Å². The normalized spacial score (nSPS) is 26.1. The monoisotopic (exact) mass is 145 g/mol. The van der Waals surface area contributed by atoms with E-state index in [1.165, 1.54) is 0 Å². The van der Waals surface area contributed by atoms with Gasteiger partial charge in [0.2, 0.25) is 0 Å². The molecule has 1 atom stereocenters. The van der Waals surface area contributed by atoms with Crippen molar-refractivity contribution in [3.05, 3.63) is 0 Å². The molecule has 0 saturated carbocycles. The quantitative estimate of drug-likeness (QED) is 0.487. The second-order valence-electron chi connectivity index (χ2n) is 2.88. The zero-order chi connectivity index (χ0) is 7.40. The molecule has 0 unspecified atom stereocenters. The number of hydrogen-bond acceptors (Lipinski definition) is 3. The molecule has 1 aliphatic heterocycles. The third-order valence-electron chi connectivity index (χ3n) is 2.23. The molecular weight excluding hydrogens is 130 g/mol. The van der Waals surface area contributed by atoms with Crippen molar-refractivity contribution in [1.29, 1.82) is 0 Å². The lowest BCUT2D eigenvalue weighted by Gasteiger charge is -2.16. The van der Waals surface area contributed by atoms with Gasteiger partial charge < -0.3 is 15.5 Å². The van der Waals surface area contributed by atoms with Crippen molar-refractivity contribution in [3.63, 3.8) is 0 Å². The van der Waals surface area contributed by atoms with Gasteiger partial charge in [-0.25, -0.2) is 0 Å². The fourth-order valence-corrected chi connectivity index (χ4v) is 1.44. The first kappa shape index (κ1) is 7.98. The van der Waals surface area contributed by atoms with Gasteiger partial charge in [0.05, 0.1) is 0 Å². The van der Waals surface area contributed by atoms with E-state index in [1.54, 1.807) is 0 Å². The Morgan fingerprint density at radius 3 is 2.50 bits per heavy atom. The first-order chi connectivity index (χ1) is 4.88. The van der Waals surface area contributed by atoms with Gasteiger partial charge in [-0.1, -0.05) is 0 Å². The number of nitrogens with one attached hydrogen (secondary N) is 1. The Bertz CT molecular complexity index is 87.6. The van der Waals surface area contributed by atoms with E-state index in [2.05, 4.69) is 5.32 Å². The lowest BCUT2D eigenvalue weighted by Crippen LogP contribution is -2.24. The van der Waals surface area contributed by atoms with Crippen LogP contribution in [0, 0.1) is 11.8 Å². The van der Waals surface area contributed by atoms with E-state index in [9.17, 15) is 0 Å². The molecule has 3 heteroatoms. The Labute approximate surface area is 61.1 Å². The van der Waals surface area contributed by atoms with Gasteiger partial charge in [-0.15, -0.1) is 0 Å². The van der Waals surface area contributed by atoms with Crippen molar-refractivity contribution in [3.8, 4) is 0 Å². The van der Waals surface area contributed by atoms with Gasteiger partial charge in [-0.2, -0.15) is 0 Å². The van der Waals surface area contributed by atoms with Crippen molar-refractivity contribution < 1.29 is 10.2 Å². The van der Waals surface area contributed by atoms with E-state index in [4.69, 9.17) is 10.2 Å². The molecule has 0 bridgehead atoms. The maximum atomic E-state index is 8.80. The van der Waals surface area contributed by atoms with Gasteiger partial charge in [0, 0.05) is 19.1 Å². The van der Waals surface area contributed by atoms with Crippen LogP contribution >= 0.6 is 0 Å². The average Bonchev–Trinajstić information content (AvgIpc) is 2.43. The van der Waals surface area contributed by atoms with Crippen LogP contribution in [0.2, 0.25) is 0 Å². The Kier molecular flexibility index (Phi) is 3.12. The third-order valence-corrected chi connectivity index (χ3v) is 2.23. The van der Waals surface area contributed by atoms with Crippen LogP contribution in [0.5, 0.6) is 0 Å². The smallest absolute Gasteiger partial charge is 0.0484 e. The Hall–Kier alpha value is -0.120. The average molecular weight is 145 g/mol. The Morgan fingerprint density at radius 1 is 1.40 bits per heavy atom. The van der Waals surface area contributed by atoms with Crippen molar-refractivity contribution in [2.45, 2.75) is 6.42 Å². The number of hydrogen-bond donors (Lipinski definition) is 3. The summed E-state index contributed by atoms with van der Waals surface area (Å²) in [5, 5.41) is 20.8. The summed E-state index contributed by atoms with van der Waals surface area (Å²) in [6.07, 6.45) is 1.09. The molecular formula is C7H15NO2. The summed E-state index contributed by atoms with van der Waals surface area (Å²) in [7, 11) is 0. The molecule has 3 nitrogen and oxygen atoms in total.